The van der Waals surface area contributed by atoms with E-state index in [1.807, 2.05) is 0 Å². The van der Waals surface area contributed by atoms with Crippen molar-refractivity contribution in [2.45, 2.75) is 17.7 Å². The number of nitrogens with one attached hydrogen (secondary N) is 1. The molecule has 1 fully saturated rings. The third kappa shape index (κ3) is 3.65. The van der Waals surface area contributed by atoms with Gasteiger partial charge in [0.05, 0.1) is 4.90 Å². The van der Waals surface area contributed by atoms with Gasteiger partial charge in [-0.05, 0) is 30.9 Å². The normalized spacial score (nSPS) is 20.2. The third-order valence-corrected chi connectivity index (χ3v) is 4.54. The van der Waals surface area contributed by atoms with Crippen molar-refractivity contribution in [2.75, 3.05) is 19.8 Å². The molecule has 5 nitrogen and oxygen atoms in total. The molecule has 2 rings (SSSR count). The lowest BCUT2D eigenvalue weighted by atomic mass is 10.1. The van der Waals surface area contributed by atoms with Gasteiger partial charge in [-0.2, -0.15) is 0 Å². The van der Waals surface area contributed by atoms with Gasteiger partial charge in [-0.1, -0.05) is 11.6 Å². The molecule has 1 N–H and O–H groups in total. The lowest BCUT2D eigenvalue weighted by Gasteiger charge is -2.09. The SMILES string of the molecule is O=S(=O)(NCCC1CCOC1)c1ccnc(Cl)c1. The summed E-state index contributed by atoms with van der Waals surface area (Å²) >= 11 is 5.67. The van der Waals surface area contributed by atoms with Crippen LogP contribution in [-0.2, 0) is 14.8 Å². The van der Waals surface area contributed by atoms with Crippen LogP contribution in [0.2, 0.25) is 5.15 Å². The number of hydrogen-bond donors (Lipinski definition) is 1. The van der Waals surface area contributed by atoms with Crippen molar-refractivity contribution in [1.29, 1.82) is 0 Å². The lowest BCUT2D eigenvalue weighted by Crippen LogP contribution is -2.26. The fourth-order valence-corrected chi connectivity index (χ4v) is 3.14. The highest BCUT2D eigenvalue weighted by molar-refractivity contribution is 7.89. The van der Waals surface area contributed by atoms with Crippen molar-refractivity contribution in [2.24, 2.45) is 5.92 Å². The van der Waals surface area contributed by atoms with Crippen molar-refractivity contribution in [3.63, 3.8) is 0 Å². The van der Waals surface area contributed by atoms with E-state index in [9.17, 15) is 8.42 Å². The van der Waals surface area contributed by atoms with Gasteiger partial charge in [0.1, 0.15) is 5.15 Å². The summed E-state index contributed by atoms with van der Waals surface area (Å²) in [7, 11) is -3.49. The van der Waals surface area contributed by atoms with Crippen LogP contribution in [0, 0.1) is 5.92 Å². The first kappa shape index (κ1) is 13.7. The fourth-order valence-electron chi connectivity index (χ4n) is 1.84. The Balaban J connectivity index is 1.90. The molecule has 0 bridgehead atoms. The Morgan fingerprint density at radius 3 is 3.06 bits per heavy atom. The average molecular weight is 291 g/mol. The van der Waals surface area contributed by atoms with Crippen LogP contribution in [0.1, 0.15) is 12.8 Å². The summed E-state index contributed by atoms with van der Waals surface area (Å²) in [5, 5.41) is 0.169. The molecule has 1 saturated heterocycles. The third-order valence-electron chi connectivity index (χ3n) is 2.88. The molecular weight excluding hydrogens is 276 g/mol. The number of hydrogen-bond acceptors (Lipinski definition) is 4. The quantitative estimate of drug-likeness (QED) is 0.833. The zero-order valence-corrected chi connectivity index (χ0v) is 11.4. The van der Waals surface area contributed by atoms with Crippen molar-refractivity contribution in [3.05, 3.63) is 23.5 Å². The molecule has 1 unspecified atom stereocenters. The molecular formula is C11H15ClN2O3S. The number of ether oxygens (including phenoxy) is 1. The smallest absolute Gasteiger partial charge is 0.240 e. The highest BCUT2D eigenvalue weighted by Gasteiger charge is 2.18. The molecule has 0 aromatic carbocycles. The number of halogens is 1. The van der Waals surface area contributed by atoms with Gasteiger partial charge in [0.2, 0.25) is 10.0 Å². The van der Waals surface area contributed by atoms with Crippen LogP contribution in [0.15, 0.2) is 23.2 Å². The molecule has 0 amide bonds. The van der Waals surface area contributed by atoms with Gasteiger partial charge in [-0.3, -0.25) is 0 Å². The Hall–Kier alpha value is -0.690. The number of pyridine rings is 1. The molecule has 1 aliphatic rings. The monoisotopic (exact) mass is 290 g/mol. The molecule has 1 aliphatic heterocycles. The highest BCUT2D eigenvalue weighted by atomic mass is 35.5. The summed E-state index contributed by atoms with van der Waals surface area (Å²) in [6.45, 7) is 1.91. The van der Waals surface area contributed by atoms with E-state index >= 15 is 0 Å². The Morgan fingerprint density at radius 1 is 1.56 bits per heavy atom. The minimum atomic E-state index is -3.49. The van der Waals surface area contributed by atoms with Crippen LogP contribution in [0.4, 0.5) is 0 Å². The van der Waals surface area contributed by atoms with E-state index in [1.54, 1.807) is 0 Å². The maximum Gasteiger partial charge on any atom is 0.240 e. The second-order valence-corrected chi connectivity index (χ2v) is 6.38. The molecule has 2 heterocycles. The standard InChI is InChI=1S/C11H15ClN2O3S/c12-11-7-10(2-4-13-11)18(15,16)14-5-1-9-3-6-17-8-9/h2,4,7,9,14H,1,3,5-6,8H2. The zero-order chi connectivity index (χ0) is 13.0. The van der Waals surface area contributed by atoms with Gasteiger partial charge in [0.15, 0.2) is 0 Å². The maximum atomic E-state index is 11.9. The molecule has 0 spiro atoms. The Morgan fingerprint density at radius 2 is 2.39 bits per heavy atom. The van der Waals surface area contributed by atoms with Crippen molar-refractivity contribution < 1.29 is 13.2 Å². The highest BCUT2D eigenvalue weighted by Crippen LogP contribution is 2.16. The second kappa shape index (κ2) is 5.97. The van der Waals surface area contributed by atoms with Gasteiger partial charge >= 0.3 is 0 Å². The first-order valence-corrected chi connectivity index (χ1v) is 7.63. The summed E-state index contributed by atoms with van der Waals surface area (Å²) in [6.07, 6.45) is 3.17. The van der Waals surface area contributed by atoms with E-state index < -0.39 is 10.0 Å². The van der Waals surface area contributed by atoms with Crippen LogP contribution in [0.3, 0.4) is 0 Å². The zero-order valence-electron chi connectivity index (χ0n) is 9.80. The van der Waals surface area contributed by atoms with Gasteiger partial charge in [-0.25, -0.2) is 18.1 Å². The summed E-state index contributed by atoms with van der Waals surface area (Å²) in [6, 6.07) is 2.76. The van der Waals surface area contributed by atoms with Crippen molar-refractivity contribution in [3.8, 4) is 0 Å². The number of aromatic nitrogens is 1. The van der Waals surface area contributed by atoms with Crippen LogP contribution in [0.25, 0.3) is 0 Å². The van der Waals surface area contributed by atoms with Crippen LogP contribution < -0.4 is 4.72 Å². The van der Waals surface area contributed by atoms with E-state index in [0.29, 0.717) is 12.5 Å². The number of sulfonamides is 1. The van der Waals surface area contributed by atoms with E-state index in [2.05, 4.69) is 9.71 Å². The maximum absolute atomic E-state index is 11.9. The van der Waals surface area contributed by atoms with Crippen molar-refractivity contribution >= 4 is 21.6 Å². The first-order chi connectivity index (χ1) is 8.58. The summed E-state index contributed by atoms with van der Waals surface area (Å²) < 4.78 is 31.7. The predicted molar refractivity (Wildman–Crippen MR) is 68.0 cm³/mol. The van der Waals surface area contributed by atoms with E-state index in [0.717, 1.165) is 26.1 Å². The molecule has 0 saturated carbocycles. The Bertz CT molecular complexity index is 501. The molecule has 1 aromatic heterocycles. The fraction of sp³-hybridized carbons (Fsp3) is 0.545. The molecule has 100 valence electrons. The summed E-state index contributed by atoms with van der Waals surface area (Å²) in [5.41, 5.74) is 0. The molecule has 0 radical (unpaired) electrons. The summed E-state index contributed by atoms with van der Waals surface area (Å²) in [4.78, 5) is 3.90. The van der Waals surface area contributed by atoms with E-state index in [4.69, 9.17) is 16.3 Å². The molecule has 7 heteroatoms. The number of rotatable bonds is 5. The molecule has 18 heavy (non-hydrogen) atoms. The predicted octanol–water partition coefficient (Wildman–Crippen LogP) is 1.44. The van der Waals surface area contributed by atoms with Crippen LogP contribution in [-0.4, -0.2) is 33.2 Å². The molecule has 0 aliphatic carbocycles. The lowest BCUT2D eigenvalue weighted by molar-refractivity contribution is 0.184. The molecule has 1 aromatic rings. The van der Waals surface area contributed by atoms with Crippen molar-refractivity contribution in [1.82, 2.24) is 9.71 Å². The first-order valence-electron chi connectivity index (χ1n) is 5.77. The van der Waals surface area contributed by atoms with Gasteiger partial charge < -0.3 is 4.74 Å². The van der Waals surface area contributed by atoms with Gasteiger partial charge in [-0.15, -0.1) is 0 Å². The minimum Gasteiger partial charge on any atom is -0.381 e. The van der Waals surface area contributed by atoms with Crippen LogP contribution in [0.5, 0.6) is 0 Å². The number of nitrogens with zero attached hydrogens (tertiary/aromatic N) is 1. The largest absolute Gasteiger partial charge is 0.381 e. The Labute approximate surface area is 112 Å². The summed E-state index contributed by atoms with van der Waals surface area (Å²) in [5.74, 6) is 0.453. The minimum absolute atomic E-state index is 0.144. The van der Waals surface area contributed by atoms with Gasteiger partial charge in [0, 0.05) is 26.0 Å². The van der Waals surface area contributed by atoms with E-state index in [1.165, 1.54) is 18.3 Å². The average Bonchev–Trinajstić information content (AvgIpc) is 2.82. The second-order valence-electron chi connectivity index (χ2n) is 4.23. The van der Waals surface area contributed by atoms with E-state index in [-0.39, 0.29) is 10.0 Å². The molecule has 1 atom stereocenters. The van der Waals surface area contributed by atoms with Crippen LogP contribution >= 0.6 is 11.6 Å². The Kier molecular flexibility index (Phi) is 4.55. The topological polar surface area (TPSA) is 68.3 Å². The van der Waals surface area contributed by atoms with Gasteiger partial charge in [0.25, 0.3) is 0 Å².